The van der Waals surface area contributed by atoms with E-state index in [1.807, 2.05) is 6.92 Å². The van der Waals surface area contributed by atoms with Crippen LogP contribution < -0.4 is 5.73 Å². The molecule has 24 heavy (non-hydrogen) atoms. The van der Waals surface area contributed by atoms with Crippen molar-refractivity contribution in [2.45, 2.75) is 25.9 Å². The van der Waals surface area contributed by atoms with Crippen molar-refractivity contribution >= 4 is 22.4 Å². The topological polar surface area (TPSA) is 52.3 Å². The fourth-order valence-corrected chi connectivity index (χ4v) is 3.54. The normalized spacial score (nSPS) is 13.9. The highest BCUT2D eigenvalue weighted by molar-refractivity contribution is 5.94. The van der Waals surface area contributed by atoms with Gasteiger partial charge >= 0.3 is 5.97 Å². The highest BCUT2D eigenvalue weighted by atomic mass is 16.5. The molecule has 3 aromatic rings. The van der Waals surface area contributed by atoms with Gasteiger partial charge in [0.2, 0.25) is 0 Å². The molecular formula is C21H19NO2. The molecule has 4 rings (SSSR count). The molecule has 0 aliphatic heterocycles. The fraction of sp³-hybridized carbons (Fsp3) is 0.190. The maximum atomic E-state index is 12.4. The quantitative estimate of drug-likeness (QED) is 0.574. The van der Waals surface area contributed by atoms with E-state index in [2.05, 4.69) is 30.3 Å². The van der Waals surface area contributed by atoms with Crippen molar-refractivity contribution in [1.82, 2.24) is 0 Å². The molecule has 3 aromatic carbocycles. The highest BCUT2D eigenvalue weighted by Crippen LogP contribution is 2.35. The molecule has 120 valence electrons. The zero-order chi connectivity index (χ0) is 16.7. The van der Waals surface area contributed by atoms with Crippen LogP contribution in [0.25, 0.3) is 10.8 Å². The molecule has 3 nitrogen and oxygen atoms in total. The number of carbonyl (C=O) groups excluding carboxylic acids is 1. The molecule has 1 unspecified atom stereocenters. The average Bonchev–Trinajstić information content (AvgIpc) is 3.01. The van der Waals surface area contributed by atoms with Gasteiger partial charge in [-0.15, -0.1) is 0 Å². The zero-order valence-corrected chi connectivity index (χ0v) is 13.6. The van der Waals surface area contributed by atoms with E-state index in [1.165, 1.54) is 21.9 Å². The van der Waals surface area contributed by atoms with Gasteiger partial charge in [0.15, 0.2) is 0 Å². The number of nitrogens with two attached hydrogens (primary N) is 1. The first kappa shape index (κ1) is 14.8. The Hall–Kier alpha value is -2.81. The van der Waals surface area contributed by atoms with Crippen LogP contribution in [0.15, 0.2) is 54.6 Å². The lowest BCUT2D eigenvalue weighted by Gasteiger charge is -2.17. The molecule has 0 amide bonds. The average molecular weight is 317 g/mol. The van der Waals surface area contributed by atoms with E-state index in [9.17, 15) is 4.79 Å². The van der Waals surface area contributed by atoms with Gasteiger partial charge in [0.25, 0.3) is 0 Å². The number of anilines is 1. The predicted octanol–water partition coefficient (Wildman–Crippen LogP) is 4.44. The number of ether oxygens (including phenoxy) is 1. The summed E-state index contributed by atoms with van der Waals surface area (Å²) in [7, 11) is 0. The minimum atomic E-state index is -0.328. The molecule has 0 radical (unpaired) electrons. The molecule has 1 atom stereocenters. The Labute approximate surface area is 141 Å². The van der Waals surface area contributed by atoms with Gasteiger partial charge in [-0.2, -0.15) is 0 Å². The van der Waals surface area contributed by atoms with Crippen LogP contribution in [0.1, 0.15) is 40.1 Å². The van der Waals surface area contributed by atoms with Crippen molar-refractivity contribution in [2.75, 3.05) is 5.73 Å². The molecule has 2 N–H and O–H groups in total. The van der Waals surface area contributed by atoms with Gasteiger partial charge in [-0.25, -0.2) is 4.79 Å². The minimum Gasteiger partial charge on any atom is -0.454 e. The van der Waals surface area contributed by atoms with Crippen molar-refractivity contribution < 1.29 is 9.53 Å². The lowest BCUT2D eigenvalue weighted by atomic mass is 9.97. The SMILES string of the molecule is CC(OC(=O)c1ccc(N)cc1)c1ccc2c3c(cccc13)CC2. The fourth-order valence-electron chi connectivity index (χ4n) is 3.54. The van der Waals surface area contributed by atoms with Crippen LogP contribution in [0, 0.1) is 0 Å². The van der Waals surface area contributed by atoms with Gasteiger partial charge in [0.05, 0.1) is 5.56 Å². The first-order valence-electron chi connectivity index (χ1n) is 8.23. The Morgan fingerprint density at radius 1 is 1.00 bits per heavy atom. The standard InChI is InChI=1S/C21H19NO2/c1-13(24-21(23)16-7-10-17(22)11-8-16)18-12-9-15-6-5-14-3-2-4-19(18)20(14)15/h2-4,7-13H,5-6,22H2,1H3. The van der Waals surface area contributed by atoms with Crippen molar-refractivity contribution in [2.24, 2.45) is 0 Å². The van der Waals surface area contributed by atoms with E-state index in [0.717, 1.165) is 18.4 Å². The summed E-state index contributed by atoms with van der Waals surface area (Å²) in [6, 6.07) is 17.5. The molecule has 0 heterocycles. The van der Waals surface area contributed by atoms with Gasteiger partial charge in [-0.1, -0.05) is 30.3 Å². The molecule has 1 aliphatic carbocycles. The third-order valence-electron chi connectivity index (χ3n) is 4.78. The van der Waals surface area contributed by atoms with Crippen molar-refractivity contribution in [3.8, 4) is 0 Å². The van der Waals surface area contributed by atoms with Crippen molar-refractivity contribution in [3.05, 3.63) is 76.9 Å². The van der Waals surface area contributed by atoms with E-state index in [0.29, 0.717) is 11.3 Å². The number of nitrogen functional groups attached to an aromatic ring is 1. The number of rotatable bonds is 3. The molecule has 3 heteroatoms. The Kier molecular flexibility index (Phi) is 3.49. The Morgan fingerprint density at radius 2 is 1.71 bits per heavy atom. The first-order valence-corrected chi connectivity index (χ1v) is 8.23. The molecule has 0 aromatic heterocycles. The summed E-state index contributed by atoms with van der Waals surface area (Å²) >= 11 is 0. The molecule has 0 bridgehead atoms. The van der Waals surface area contributed by atoms with Gasteiger partial charge in [-0.05, 0) is 65.9 Å². The van der Waals surface area contributed by atoms with Crippen LogP contribution in [0.5, 0.6) is 0 Å². The summed E-state index contributed by atoms with van der Waals surface area (Å²) in [6.07, 6.45) is 1.88. The lowest BCUT2D eigenvalue weighted by molar-refractivity contribution is 0.0341. The Balaban J connectivity index is 1.66. The van der Waals surface area contributed by atoms with Gasteiger partial charge in [-0.3, -0.25) is 0 Å². The second-order valence-corrected chi connectivity index (χ2v) is 6.32. The largest absolute Gasteiger partial charge is 0.454 e. The summed E-state index contributed by atoms with van der Waals surface area (Å²) in [5, 5.41) is 2.53. The summed E-state index contributed by atoms with van der Waals surface area (Å²) < 4.78 is 5.69. The van der Waals surface area contributed by atoms with Crippen LogP contribution in [0.4, 0.5) is 5.69 Å². The highest BCUT2D eigenvalue weighted by Gasteiger charge is 2.20. The molecule has 0 saturated carbocycles. The van der Waals surface area contributed by atoms with Crippen LogP contribution >= 0.6 is 0 Å². The molecule has 0 saturated heterocycles. The molecule has 0 spiro atoms. The maximum Gasteiger partial charge on any atom is 0.338 e. The van der Waals surface area contributed by atoms with E-state index in [4.69, 9.17) is 10.5 Å². The minimum absolute atomic E-state index is 0.306. The first-order chi connectivity index (χ1) is 11.6. The molecular weight excluding hydrogens is 298 g/mol. The van der Waals surface area contributed by atoms with Gasteiger partial charge < -0.3 is 10.5 Å². The number of esters is 1. The zero-order valence-electron chi connectivity index (χ0n) is 13.6. The summed E-state index contributed by atoms with van der Waals surface area (Å²) in [5.41, 5.74) is 10.6. The lowest BCUT2D eigenvalue weighted by Crippen LogP contribution is -2.09. The van der Waals surface area contributed by atoms with Crippen LogP contribution in [-0.4, -0.2) is 5.97 Å². The summed E-state index contributed by atoms with van der Waals surface area (Å²) in [6.45, 7) is 1.92. The molecule has 0 fully saturated rings. The van der Waals surface area contributed by atoms with Crippen LogP contribution in [-0.2, 0) is 17.6 Å². The van der Waals surface area contributed by atoms with E-state index in [1.54, 1.807) is 24.3 Å². The Bertz CT molecular complexity index is 918. The van der Waals surface area contributed by atoms with Crippen LogP contribution in [0.3, 0.4) is 0 Å². The van der Waals surface area contributed by atoms with Crippen LogP contribution in [0.2, 0.25) is 0 Å². The number of aryl methyl sites for hydroxylation is 2. The van der Waals surface area contributed by atoms with E-state index in [-0.39, 0.29) is 12.1 Å². The third kappa shape index (κ3) is 2.42. The summed E-state index contributed by atoms with van der Waals surface area (Å²) in [5.74, 6) is -0.328. The monoisotopic (exact) mass is 317 g/mol. The third-order valence-corrected chi connectivity index (χ3v) is 4.78. The van der Waals surface area contributed by atoms with E-state index >= 15 is 0 Å². The van der Waals surface area contributed by atoms with E-state index < -0.39 is 0 Å². The Morgan fingerprint density at radius 3 is 2.46 bits per heavy atom. The smallest absolute Gasteiger partial charge is 0.338 e. The van der Waals surface area contributed by atoms with Gasteiger partial charge in [0.1, 0.15) is 6.10 Å². The van der Waals surface area contributed by atoms with Crippen molar-refractivity contribution in [3.63, 3.8) is 0 Å². The summed E-state index contributed by atoms with van der Waals surface area (Å²) in [4.78, 5) is 12.4. The van der Waals surface area contributed by atoms with Crippen molar-refractivity contribution in [1.29, 1.82) is 0 Å². The number of hydrogen-bond donors (Lipinski definition) is 1. The maximum absolute atomic E-state index is 12.4. The number of hydrogen-bond acceptors (Lipinski definition) is 3. The number of carbonyl (C=O) groups is 1. The second-order valence-electron chi connectivity index (χ2n) is 6.32. The van der Waals surface area contributed by atoms with Gasteiger partial charge in [0, 0.05) is 11.3 Å². The predicted molar refractivity (Wildman–Crippen MR) is 96.0 cm³/mol. The number of benzene rings is 3. The second kappa shape index (κ2) is 5.68. The molecule has 1 aliphatic rings.